The third-order valence-electron chi connectivity index (χ3n) is 3.90. The molecule has 0 spiro atoms. The summed E-state index contributed by atoms with van der Waals surface area (Å²) in [5.41, 5.74) is 2.62. The Labute approximate surface area is 177 Å². The summed E-state index contributed by atoms with van der Waals surface area (Å²) in [5.74, 6) is 1.48. The monoisotopic (exact) mass is 486 g/mol. The molecule has 27 heavy (non-hydrogen) atoms. The Bertz CT molecular complexity index is 742. The van der Waals surface area contributed by atoms with Gasteiger partial charge in [0.15, 0.2) is 11.7 Å². The average Bonchev–Trinajstić information content (AvgIpc) is 3.13. The van der Waals surface area contributed by atoms with Crippen molar-refractivity contribution in [1.82, 2.24) is 15.8 Å². The van der Waals surface area contributed by atoms with E-state index in [-0.39, 0.29) is 29.9 Å². The maximum atomic E-state index is 11.4. The van der Waals surface area contributed by atoms with Crippen molar-refractivity contribution in [2.24, 2.45) is 4.99 Å². The zero-order chi connectivity index (χ0) is 18.9. The first-order valence-corrected chi connectivity index (χ1v) is 8.60. The lowest BCUT2D eigenvalue weighted by Crippen LogP contribution is -2.37. The number of halogens is 1. The van der Waals surface area contributed by atoms with Crippen molar-refractivity contribution >= 4 is 35.9 Å². The lowest BCUT2D eigenvalue weighted by molar-refractivity contribution is 0.0600. The molecule has 2 N–H and O–H groups in total. The first kappa shape index (κ1) is 22.9. The molecular formula is C19H27IN4O3. The maximum Gasteiger partial charge on any atom is 0.337 e. The summed E-state index contributed by atoms with van der Waals surface area (Å²) in [6.07, 6.45) is 0.807. The van der Waals surface area contributed by atoms with Gasteiger partial charge in [0.25, 0.3) is 0 Å². The third-order valence-corrected chi connectivity index (χ3v) is 3.90. The van der Waals surface area contributed by atoms with Crippen molar-refractivity contribution < 1.29 is 14.1 Å². The van der Waals surface area contributed by atoms with Crippen molar-refractivity contribution in [2.75, 3.05) is 20.7 Å². The van der Waals surface area contributed by atoms with Gasteiger partial charge in [-0.3, -0.25) is 4.99 Å². The second-order valence-electron chi connectivity index (χ2n) is 6.16. The number of hydrogen-bond donors (Lipinski definition) is 2. The maximum absolute atomic E-state index is 11.4. The molecule has 0 saturated carbocycles. The summed E-state index contributed by atoms with van der Waals surface area (Å²) in [6.45, 7) is 5.39. The predicted octanol–water partition coefficient (Wildman–Crippen LogP) is 3.11. The highest BCUT2D eigenvalue weighted by Gasteiger charge is 2.08. The molecule has 2 rings (SSSR count). The van der Waals surface area contributed by atoms with Crippen molar-refractivity contribution in [2.45, 2.75) is 32.7 Å². The number of carbonyl (C=O) groups is 1. The van der Waals surface area contributed by atoms with E-state index in [1.54, 1.807) is 19.2 Å². The van der Waals surface area contributed by atoms with E-state index >= 15 is 0 Å². The zero-order valence-corrected chi connectivity index (χ0v) is 18.4. The molecule has 0 radical (unpaired) electrons. The first-order chi connectivity index (χ1) is 12.5. The number of hydrogen-bond acceptors (Lipinski definition) is 5. The van der Waals surface area contributed by atoms with Crippen LogP contribution in [-0.2, 0) is 17.7 Å². The summed E-state index contributed by atoms with van der Waals surface area (Å²) in [7, 11) is 3.10. The van der Waals surface area contributed by atoms with Crippen molar-refractivity contribution in [1.29, 1.82) is 0 Å². The molecule has 148 valence electrons. The third kappa shape index (κ3) is 7.20. The normalized spacial score (nSPS) is 11.1. The highest BCUT2D eigenvalue weighted by atomic mass is 127. The molecule has 0 fully saturated rings. The van der Waals surface area contributed by atoms with Crippen LogP contribution < -0.4 is 10.6 Å². The van der Waals surface area contributed by atoms with Crippen LogP contribution in [-0.4, -0.2) is 37.8 Å². The summed E-state index contributed by atoms with van der Waals surface area (Å²) in [4.78, 5) is 15.6. The highest BCUT2D eigenvalue weighted by Crippen LogP contribution is 2.13. The van der Waals surface area contributed by atoms with Crippen LogP contribution in [0.4, 0.5) is 0 Å². The molecule has 7 nitrogen and oxygen atoms in total. The fourth-order valence-corrected chi connectivity index (χ4v) is 2.33. The fraction of sp³-hybridized carbons (Fsp3) is 0.421. The summed E-state index contributed by atoms with van der Waals surface area (Å²) < 4.78 is 10.00. The van der Waals surface area contributed by atoms with E-state index in [1.165, 1.54) is 7.11 Å². The molecule has 0 amide bonds. The molecule has 0 atom stereocenters. The van der Waals surface area contributed by atoms with Gasteiger partial charge in [-0.1, -0.05) is 31.1 Å². The molecule has 8 heteroatoms. The molecule has 2 aromatic rings. The second kappa shape index (κ2) is 11.6. The molecule has 0 aliphatic carbocycles. The molecule has 1 aromatic heterocycles. The smallest absolute Gasteiger partial charge is 0.337 e. The Hall–Kier alpha value is -2.10. The van der Waals surface area contributed by atoms with Gasteiger partial charge in [-0.25, -0.2) is 4.79 Å². The van der Waals surface area contributed by atoms with Gasteiger partial charge >= 0.3 is 5.97 Å². The highest BCUT2D eigenvalue weighted by molar-refractivity contribution is 14.0. The topological polar surface area (TPSA) is 88.8 Å². The number of aromatic nitrogens is 1. The SMILES string of the molecule is CN=C(NCCc1ccc(C(=O)OC)cc1)NCc1cc(C(C)C)no1.I. The van der Waals surface area contributed by atoms with E-state index in [0.717, 1.165) is 23.4 Å². The van der Waals surface area contributed by atoms with Crippen LogP contribution in [0.15, 0.2) is 39.8 Å². The van der Waals surface area contributed by atoms with E-state index in [9.17, 15) is 4.79 Å². The lowest BCUT2D eigenvalue weighted by atomic mass is 10.1. The van der Waals surface area contributed by atoms with Crippen molar-refractivity contribution in [3.05, 3.63) is 52.9 Å². The number of nitrogens with zero attached hydrogens (tertiary/aromatic N) is 2. The van der Waals surface area contributed by atoms with Crippen LogP contribution in [0.3, 0.4) is 0 Å². The van der Waals surface area contributed by atoms with Gasteiger partial charge in [0.1, 0.15) is 0 Å². The molecule has 1 heterocycles. The minimum absolute atomic E-state index is 0. The van der Waals surface area contributed by atoms with Gasteiger partial charge in [-0.15, -0.1) is 24.0 Å². The summed E-state index contributed by atoms with van der Waals surface area (Å²) in [5, 5.41) is 10.5. The summed E-state index contributed by atoms with van der Waals surface area (Å²) >= 11 is 0. The Morgan fingerprint density at radius 1 is 1.26 bits per heavy atom. The van der Waals surface area contributed by atoms with Gasteiger partial charge in [-0.05, 0) is 30.0 Å². The standard InChI is InChI=1S/C19H26N4O3.HI/c1-13(2)17-11-16(26-23-17)12-22-19(20-3)21-10-9-14-5-7-15(8-6-14)18(24)25-4;/h5-8,11,13H,9-10,12H2,1-4H3,(H2,20,21,22);1H. The van der Waals surface area contributed by atoms with Crippen LogP contribution in [0, 0.1) is 0 Å². The van der Waals surface area contributed by atoms with Gasteiger partial charge in [0, 0.05) is 19.7 Å². The van der Waals surface area contributed by atoms with Gasteiger partial charge in [-0.2, -0.15) is 0 Å². The molecule has 0 saturated heterocycles. The lowest BCUT2D eigenvalue weighted by Gasteiger charge is -2.10. The number of rotatable bonds is 7. The number of benzene rings is 1. The summed E-state index contributed by atoms with van der Waals surface area (Å²) in [6, 6.07) is 9.33. The Kier molecular flexibility index (Phi) is 9.84. The zero-order valence-electron chi connectivity index (χ0n) is 16.1. The Morgan fingerprint density at radius 3 is 2.52 bits per heavy atom. The van der Waals surface area contributed by atoms with Crippen LogP contribution in [0.2, 0.25) is 0 Å². The van der Waals surface area contributed by atoms with E-state index in [0.29, 0.717) is 30.5 Å². The van der Waals surface area contributed by atoms with Gasteiger partial charge in [0.2, 0.25) is 0 Å². The van der Waals surface area contributed by atoms with E-state index < -0.39 is 0 Å². The van der Waals surface area contributed by atoms with Crippen LogP contribution in [0.1, 0.15) is 47.1 Å². The van der Waals surface area contributed by atoms with Crippen molar-refractivity contribution in [3.63, 3.8) is 0 Å². The quantitative estimate of drug-likeness (QED) is 0.271. The number of aliphatic imine (C=N–C) groups is 1. The van der Waals surface area contributed by atoms with E-state index in [2.05, 4.69) is 34.6 Å². The Morgan fingerprint density at radius 2 is 1.96 bits per heavy atom. The fourth-order valence-electron chi connectivity index (χ4n) is 2.33. The molecular weight excluding hydrogens is 459 g/mol. The minimum Gasteiger partial charge on any atom is -0.465 e. The number of methoxy groups -OCH3 is 1. The minimum atomic E-state index is -0.327. The van der Waals surface area contributed by atoms with Crippen LogP contribution in [0.25, 0.3) is 0 Å². The first-order valence-electron chi connectivity index (χ1n) is 8.60. The molecule has 0 aliphatic rings. The Balaban J connectivity index is 0.00000364. The van der Waals surface area contributed by atoms with Crippen molar-refractivity contribution in [3.8, 4) is 0 Å². The van der Waals surface area contributed by atoms with E-state index in [1.807, 2.05) is 18.2 Å². The number of esters is 1. The molecule has 1 aromatic carbocycles. The molecule has 0 aliphatic heterocycles. The average molecular weight is 486 g/mol. The molecule has 0 unspecified atom stereocenters. The van der Waals surface area contributed by atoms with E-state index in [4.69, 9.17) is 9.26 Å². The number of ether oxygens (including phenoxy) is 1. The number of nitrogens with one attached hydrogen (secondary N) is 2. The molecule has 0 bridgehead atoms. The number of guanidine groups is 1. The largest absolute Gasteiger partial charge is 0.465 e. The second-order valence-corrected chi connectivity index (χ2v) is 6.16. The van der Waals surface area contributed by atoms with Gasteiger partial charge in [0.05, 0.1) is 24.9 Å². The predicted molar refractivity (Wildman–Crippen MR) is 116 cm³/mol. The van der Waals surface area contributed by atoms with Crippen LogP contribution >= 0.6 is 24.0 Å². The number of carbonyl (C=O) groups excluding carboxylic acids is 1. The van der Waals surface area contributed by atoms with Crippen LogP contribution in [0.5, 0.6) is 0 Å². The van der Waals surface area contributed by atoms with Gasteiger partial charge < -0.3 is 19.9 Å².